The van der Waals surface area contributed by atoms with E-state index in [1.165, 1.54) is 12.1 Å². The number of benzene rings is 7. The van der Waals surface area contributed by atoms with Crippen molar-refractivity contribution in [1.82, 2.24) is 0 Å². The Morgan fingerprint density at radius 1 is 0.486 bits per heavy atom. The van der Waals surface area contributed by atoms with E-state index in [1.54, 1.807) is 0 Å². The molecule has 1 heterocycles. The second-order valence-electron chi connectivity index (χ2n) is 9.40. The predicted octanol–water partition coefficient (Wildman–Crippen LogP) is 10.4. The van der Waals surface area contributed by atoms with Crippen LogP contribution in [0.3, 0.4) is 0 Å². The number of hydrogen-bond donors (Lipinski definition) is 0. The van der Waals surface area contributed by atoms with Gasteiger partial charge in [0.05, 0.1) is 4.11 Å². The third-order valence-corrected chi connectivity index (χ3v) is 7.44. The maximum atomic E-state index is 8.75. The molecule has 1 nitrogen and oxygen atoms in total. The number of fused-ring (bicyclic) bond motifs is 7. The molecule has 0 saturated heterocycles. The highest BCUT2D eigenvalue weighted by Crippen LogP contribution is 2.47. The van der Waals surface area contributed by atoms with Gasteiger partial charge in [-0.05, 0) is 61.3 Å². The van der Waals surface area contributed by atoms with Crippen LogP contribution in [0.4, 0.5) is 0 Å². The third-order valence-electron chi connectivity index (χ3n) is 7.44. The minimum Gasteiger partial charge on any atom is -0.455 e. The van der Waals surface area contributed by atoms with E-state index in [0.717, 1.165) is 70.9 Å². The molecule has 0 atom stereocenters. The quantitative estimate of drug-likeness (QED) is 0.228. The van der Waals surface area contributed by atoms with Gasteiger partial charge < -0.3 is 4.42 Å². The Morgan fingerprint density at radius 2 is 1.11 bits per heavy atom. The van der Waals surface area contributed by atoms with E-state index in [9.17, 15) is 0 Å². The average molecular weight is 474 g/mol. The average Bonchev–Trinajstić information content (AvgIpc) is 3.36. The van der Waals surface area contributed by atoms with Gasteiger partial charge in [-0.25, -0.2) is 0 Å². The van der Waals surface area contributed by atoms with Crippen molar-refractivity contribution in [2.45, 2.75) is 0 Å². The van der Waals surface area contributed by atoms with Crippen LogP contribution in [0.2, 0.25) is 0 Å². The predicted molar refractivity (Wildman–Crippen MR) is 157 cm³/mol. The zero-order valence-electron chi connectivity index (χ0n) is 22.9. The van der Waals surface area contributed by atoms with Crippen LogP contribution in [-0.4, -0.2) is 0 Å². The van der Waals surface area contributed by atoms with Crippen LogP contribution in [0.25, 0.3) is 76.5 Å². The molecule has 172 valence electrons. The molecule has 0 N–H and O–H groups in total. The standard InChI is InChI=1S/C36H22O/c1-2-12-24(13-3-1)33-26-15-6-8-17-28(26)34(29-18-9-7-16-27(29)33)30-19-10-20-32-35(30)31-22-21-23-11-4-5-14-25(23)36(31)37-32/h1-22H/i1D,12D,13D. The van der Waals surface area contributed by atoms with Crippen LogP contribution in [0.5, 0.6) is 0 Å². The van der Waals surface area contributed by atoms with Crippen molar-refractivity contribution in [3.63, 3.8) is 0 Å². The summed E-state index contributed by atoms with van der Waals surface area (Å²) in [5.74, 6) is 0. The van der Waals surface area contributed by atoms with Crippen molar-refractivity contribution in [3.8, 4) is 22.3 Å². The van der Waals surface area contributed by atoms with Gasteiger partial charge in [-0.3, -0.25) is 0 Å². The molecule has 0 aliphatic rings. The second-order valence-corrected chi connectivity index (χ2v) is 9.40. The molecule has 0 spiro atoms. The Kier molecular flexibility index (Phi) is 3.70. The van der Waals surface area contributed by atoms with Gasteiger partial charge in [0, 0.05) is 16.2 Å². The summed E-state index contributed by atoms with van der Waals surface area (Å²) in [6.45, 7) is 0. The minimum absolute atomic E-state index is 0.176. The molecule has 8 aromatic rings. The van der Waals surface area contributed by atoms with Crippen LogP contribution >= 0.6 is 0 Å². The van der Waals surface area contributed by atoms with Crippen LogP contribution in [-0.2, 0) is 0 Å². The lowest BCUT2D eigenvalue weighted by Crippen LogP contribution is -1.91. The lowest BCUT2D eigenvalue weighted by atomic mass is 9.85. The normalized spacial score (nSPS) is 12.9. The summed E-state index contributed by atoms with van der Waals surface area (Å²) < 4.78 is 32.1. The van der Waals surface area contributed by atoms with Gasteiger partial charge in [0.2, 0.25) is 0 Å². The third kappa shape index (κ3) is 2.92. The monoisotopic (exact) mass is 473 g/mol. The molecule has 1 aromatic heterocycles. The molecule has 0 bridgehead atoms. The summed E-state index contributed by atoms with van der Waals surface area (Å²) in [6, 6.07) is 39.0. The SMILES string of the molecule is [2H]c1cc([2H])c(-c2c3ccccc3c(-c3cccc4oc5c6ccccc6ccc5c34)c3ccccc23)c([2H])c1. The maximum Gasteiger partial charge on any atom is 0.143 e. The first-order valence-electron chi connectivity index (χ1n) is 13.9. The van der Waals surface area contributed by atoms with Gasteiger partial charge in [-0.1, -0.05) is 121 Å². The van der Waals surface area contributed by atoms with E-state index < -0.39 is 0 Å². The summed E-state index contributed by atoms with van der Waals surface area (Å²) in [5.41, 5.74) is 5.33. The summed E-state index contributed by atoms with van der Waals surface area (Å²) >= 11 is 0. The van der Waals surface area contributed by atoms with Gasteiger partial charge in [0.25, 0.3) is 0 Å². The largest absolute Gasteiger partial charge is 0.455 e. The fourth-order valence-corrected chi connectivity index (χ4v) is 5.91. The fourth-order valence-electron chi connectivity index (χ4n) is 5.91. The minimum atomic E-state index is 0.176. The van der Waals surface area contributed by atoms with E-state index >= 15 is 0 Å². The van der Waals surface area contributed by atoms with Gasteiger partial charge in [0.15, 0.2) is 0 Å². The topological polar surface area (TPSA) is 13.1 Å². The lowest BCUT2D eigenvalue weighted by molar-refractivity contribution is 0.673. The Balaban J connectivity index is 1.56. The summed E-state index contributed by atoms with van der Waals surface area (Å²) in [4.78, 5) is 0. The van der Waals surface area contributed by atoms with Gasteiger partial charge in [-0.15, -0.1) is 0 Å². The van der Waals surface area contributed by atoms with Crippen LogP contribution in [0.15, 0.2) is 138 Å². The van der Waals surface area contributed by atoms with E-state index in [-0.39, 0.29) is 18.1 Å². The summed E-state index contributed by atoms with van der Waals surface area (Å²) in [7, 11) is 0. The molecule has 0 amide bonds. The molecule has 1 heteroatoms. The van der Waals surface area contributed by atoms with Crippen LogP contribution in [0, 0.1) is 0 Å². The zero-order valence-corrected chi connectivity index (χ0v) is 19.9. The Labute approximate surface area is 218 Å². The first-order valence-corrected chi connectivity index (χ1v) is 12.4. The maximum absolute atomic E-state index is 8.75. The van der Waals surface area contributed by atoms with Gasteiger partial charge >= 0.3 is 0 Å². The molecule has 0 radical (unpaired) electrons. The molecule has 0 unspecified atom stereocenters. The van der Waals surface area contributed by atoms with E-state index in [2.05, 4.69) is 60.7 Å². The lowest BCUT2D eigenvalue weighted by Gasteiger charge is -2.18. The van der Waals surface area contributed by atoms with E-state index in [4.69, 9.17) is 8.53 Å². The molecule has 0 fully saturated rings. The Morgan fingerprint density at radius 3 is 1.81 bits per heavy atom. The zero-order chi connectivity index (χ0) is 27.0. The molecule has 37 heavy (non-hydrogen) atoms. The van der Waals surface area contributed by atoms with Crippen LogP contribution < -0.4 is 0 Å². The van der Waals surface area contributed by atoms with Crippen molar-refractivity contribution in [3.05, 3.63) is 133 Å². The van der Waals surface area contributed by atoms with Crippen molar-refractivity contribution >= 4 is 54.3 Å². The first kappa shape index (κ1) is 17.5. The molecular formula is C36H22O. The number of hydrogen-bond acceptors (Lipinski definition) is 1. The summed E-state index contributed by atoms with van der Waals surface area (Å²) in [5, 5.41) is 8.45. The van der Waals surface area contributed by atoms with Crippen molar-refractivity contribution in [2.24, 2.45) is 0 Å². The highest BCUT2D eigenvalue weighted by atomic mass is 16.3. The van der Waals surface area contributed by atoms with E-state index in [0.29, 0.717) is 5.56 Å². The smallest absolute Gasteiger partial charge is 0.143 e. The van der Waals surface area contributed by atoms with E-state index in [1.807, 2.05) is 42.5 Å². The van der Waals surface area contributed by atoms with Crippen molar-refractivity contribution in [2.75, 3.05) is 0 Å². The first-order chi connectivity index (χ1) is 19.6. The number of rotatable bonds is 2. The molecule has 8 rings (SSSR count). The highest BCUT2D eigenvalue weighted by molar-refractivity contribution is 6.26. The molecule has 0 aliphatic carbocycles. The molecular weight excluding hydrogens is 448 g/mol. The van der Waals surface area contributed by atoms with Gasteiger partial charge in [-0.2, -0.15) is 0 Å². The molecule has 0 aliphatic heterocycles. The second kappa shape index (κ2) is 7.81. The van der Waals surface area contributed by atoms with Crippen LogP contribution in [0.1, 0.15) is 4.11 Å². The molecule has 7 aromatic carbocycles. The Hall–Kier alpha value is -4.88. The molecule has 0 saturated carbocycles. The van der Waals surface area contributed by atoms with Crippen molar-refractivity contribution < 1.29 is 8.53 Å². The van der Waals surface area contributed by atoms with Gasteiger partial charge in [0.1, 0.15) is 11.2 Å². The highest BCUT2D eigenvalue weighted by Gasteiger charge is 2.20. The van der Waals surface area contributed by atoms with Crippen molar-refractivity contribution in [1.29, 1.82) is 0 Å². The Bertz CT molecular complexity index is 2230. The summed E-state index contributed by atoms with van der Waals surface area (Å²) in [6.07, 6.45) is 0. The number of furan rings is 1. The fraction of sp³-hybridized carbons (Fsp3) is 0.